The van der Waals surface area contributed by atoms with Gasteiger partial charge in [-0.05, 0) is 6.92 Å². The summed E-state index contributed by atoms with van der Waals surface area (Å²) in [7, 11) is 0. The predicted octanol–water partition coefficient (Wildman–Crippen LogP) is 5.60. The summed E-state index contributed by atoms with van der Waals surface area (Å²) in [6.07, 6.45) is 12.4. The minimum absolute atomic E-state index is 0.712. The van der Waals surface area contributed by atoms with Gasteiger partial charge in [0.05, 0.1) is 0 Å². The Morgan fingerprint density at radius 2 is 1.42 bits per heavy atom. The molecule has 19 heavy (non-hydrogen) atoms. The van der Waals surface area contributed by atoms with Crippen molar-refractivity contribution in [2.45, 2.75) is 79.3 Å². The minimum Gasteiger partial charge on any atom is -0.349 e. The summed E-state index contributed by atoms with van der Waals surface area (Å²) < 4.78 is 5.00. The van der Waals surface area contributed by atoms with Crippen LogP contribution in [-0.4, -0.2) is 30.2 Å². The van der Waals surface area contributed by atoms with Crippen LogP contribution in [0.3, 0.4) is 0 Å². The van der Waals surface area contributed by atoms with Crippen LogP contribution in [0.5, 0.6) is 0 Å². The Morgan fingerprint density at radius 3 is 1.63 bits per heavy atom. The molecule has 1 heterocycles. The number of aryl methyl sites for hydroxylation is 1. The fourth-order valence-corrected chi connectivity index (χ4v) is 10.3. The van der Waals surface area contributed by atoms with Gasteiger partial charge in [-0.3, -0.25) is 0 Å². The van der Waals surface area contributed by atoms with E-state index < -0.39 is 20.2 Å². The molecule has 112 valence electrons. The zero-order valence-electron chi connectivity index (χ0n) is 13.4. The number of imidazole rings is 1. The Kier molecular flexibility index (Phi) is 14.5. The van der Waals surface area contributed by atoms with Crippen molar-refractivity contribution in [1.82, 2.24) is 9.97 Å². The number of unbranched alkanes of at least 4 members (excludes halogenated alkanes) is 3. The summed E-state index contributed by atoms with van der Waals surface area (Å²) in [5.41, 5.74) is 0. The molecule has 3 heteroatoms. The first-order valence-corrected chi connectivity index (χ1v) is 13.3. The molecular formula is C16H33N2Sb. The number of hydrogen-bond acceptors (Lipinski definition) is 1. The van der Waals surface area contributed by atoms with Gasteiger partial charge in [-0.2, -0.15) is 0 Å². The second kappa shape index (κ2) is 14.4. The molecule has 0 aliphatic carbocycles. The fraction of sp³-hybridized carbons (Fsp3) is 0.812. The zero-order chi connectivity index (χ0) is 14.3. The van der Waals surface area contributed by atoms with Crippen LogP contribution >= 0.6 is 0 Å². The Morgan fingerprint density at radius 1 is 0.947 bits per heavy atom. The molecule has 0 radical (unpaired) electrons. The smallest absolute Gasteiger partial charge is 0.102 e. The maximum Gasteiger partial charge on any atom is 0.102 e. The molecule has 0 saturated heterocycles. The first-order valence-electron chi connectivity index (χ1n) is 7.92. The number of nitrogens with one attached hydrogen (secondary N) is 1. The number of H-pyrrole nitrogens is 1. The van der Waals surface area contributed by atoms with Crippen molar-refractivity contribution < 1.29 is 0 Å². The average molecular weight is 375 g/mol. The summed E-state index contributed by atoms with van der Waals surface area (Å²) >= 11 is -0.712. The average Bonchev–Trinajstić information content (AvgIpc) is 2.90. The molecule has 0 atom stereocenters. The van der Waals surface area contributed by atoms with Gasteiger partial charge in [-0.25, -0.2) is 4.98 Å². The van der Waals surface area contributed by atoms with E-state index in [0.717, 1.165) is 5.82 Å². The van der Waals surface area contributed by atoms with Crippen LogP contribution in [0, 0.1) is 6.92 Å². The molecule has 1 rings (SSSR count). The van der Waals surface area contributed by atoms with Gasteiger partial charge < -0.3 is 4.98 Å². The van der Waals surface area contributed by atoms with E-state index in [1.54, 1.807) is 25.5 Å². The number of aromatic amines is 1. The summed E-state index contributed by atoms with van der Waals surface area (Å²) in [5.74, 6) is 0.968. The first-order chi connectivity index (χ1) is 9.24. The van der Waals surface area contributed by atoms with Crippen LogP contribution in [0.25, 0.3) is 0 Å². The molecular weight excluding hydrogens is 342 g/mol. The van der Waals surface area contributed by atoms with Crippen molar-refractivity contribution in [3.8, 4) is 0 Å². The summed E-state index contributed by atoms with van der Waals surface area (Å²) in [6.45, 7) is 8.91. The van der Waals surface area contributed by atoms with Crippen LogP contribution in [0.4, 0.5) is 0 Å². The third kappa shape index (κ3) is 12.8. The van der Waals surface area contributed by atoms with Crippen LogP contribution < -0.4 is 0 Å². The molecule has 0 amide bonds. The second-order valence-electron chi connectivity index (χ2n) is 5.08. The van der Waals surface area contributed by atoms with Gasteiger partial charge in [0, 0.05) is 12.4 Å². The summed E-state index contributed by atoms with van der Waals surface area (Å²) in [4.78, 5) is 6.75. The maximum atomic E-state index is 3.86. The quantitative estimate of drug-likeness (QED) is 0.560. The molecule has 2 nitrogen and oxygen atoms in total. The molecule has 0 aliphatic heterocycles. The molecule has 0 fully saturated rings. The number of nitrogens with zero attached hydrogens (tertiary/aromatic N) is 1. The Hall–Kier alpha value is 0.0282. The third-order valence-corrected chi connectivity index (χ3v) is 11.2. The van der Waals surface area contributed by atoms with Gasteiger partial charge in [-0.1, -0.05) is 0 Å². The van der Waals surface area contributed by atoms with Crippen LogP contribution in [0.15, 0.2) is 12.4 Å². The van der Waals surface area contributed by atoms with Crippen molar-refractivity contribution in [3.05, 3.63) is 18.2 Å². The molecule has 1 aromatic rings. The Labute approximate surface area is 127 Å². The van der Waals surface area contributed by atoms with Crippen molar-refractivity contribution in [2.75, 3.05) is 0 Å². The molecule has 0 unspecified atom stereocenters. The van der Waals surface area contributed by atoms with Crippen LogP contribution in [0.1, 0.15) is 65.1 Å². The zero-order valence-corrected chi connectivity index (χ0v) is 16.0. The predicted molar refractivity (Wildman–Crippen MR) is 88.2 cm³/mol. The van der Waals surface area contributed by atoms with E-state index in [1.165, 1.54) is 38.5 Å². The van der Waals surface area contributed by atoms with Crippen LogP contribution in [0.2, 0.25) is 13.1 Å². The largest absolute Gasteiger partial charge is 0.349 e. The van der Waals surface area contributed by atoms with Crippen LogP contribution in [-0.2, 0) is 0 Å². The van der Waals surface area contributed by atoms with E-state index in [1.807, 2.05) is 6.92 Å². The van der Waals surface area contributed by atoms with Gasteiger partial charge in [0.25, 0.3) is 0 Å². The molecule has 0 aliphatic rings. The first kappa shape index (κ1) is 19.0. The fourth-order valence-electron chi connectivity index (χ4n) is 1.82. The monoisotopic (exact) mass is 374 g/mol. The maximum absolute atomic E-state index is 3.86. The second-order valence-corrected chi connectivity index (χ2v) is 12.7. The third-order valence-electron chi connectivity index (χ3n) is 3.12. The van der Waals surface area contributed by atoms with Crippen molar-refractivity contribution in [1.29, 1.82) is 0 Å². The molecule has 1 N–H and O–H groups in total. The number of aromatic nitrogens is 2. The van der Waals surface area contributed by atoms with Crippen molar-refractivity contribution in [2.24, 2.45) is 0 Å². The van der Waals surface area contributed by atoms with Gasteiger partial charge in [0.2, 0.25) is 0 Å². The van der Waals surface area contributed by atoms with Gasteiger partial charge in [0.1, 0.15) is 5.82 Å². The normalized spacial score (nSPS) is 10.4. The Balaban J connectivity index is 0.000000443. The summed E-state index contributed by atoms with van der Waals surface area (Å²) in [5, 5.41) is 0. The number of hydrogen-bond donors (Lipinski definition) is 1. The van der Waals surface area contributed by atoms with E-state index >= 15 is 0 Å². The Bertz CT molecular complexity index is 241. The van der Waals surface area contributed by atoms with E-state index in [0.29, 0.717) is 0 Å². The van der Waals surface area contributed by atoms with Gasteiger partial charge in [0.15, 0.2) is 0 Å². The van der Waals surface area contributed by atoms with E-state index in [4.69, 9.17) is 0 Å². The van der Waals surface area contributed by atoms with E-state index in [9.17, 15) is 0 Å². The number of rotatable bonds is 9. The van der Waals surface area contributed by atoms with E-state index in [-0.39, 0.29) is 0 Å². The SMILES string of the molecule is CCC[CH2][Sb]([CH2]CCC)[CH2]CCC.Cc1ncc[nH]1. The summed E-state index contributed by atoms with van der Waals surface area (Å²) in [6, 6.07) is 0. The molecule has 0 spiro atoms. The molecule has 0 aromatic carbocycles. The van der Waals surface area contributed by atoms with Crippen molar-refractivity contribution in [3.63, 3.8) is 0 Å². The standard InChI is InChI=1S/C4H6N2.3C4H9.Sb/c1-4-5-2-3-6-4;3*1-3-4-2;/h2-3H,1H3,(H,5,6);3*1,3-4H2,2H3;. The molecule has 1 aromatic heterocycles. The van der Waals surface area contributed by atoms with Crippen molar-refractivity contribution >= 4 is 20.2 Å². The molecule has 0 bridgehead atoms. The molecule has 0 saturated carbocycles. The van der Waals surface area contributed by atoms with Gasteiger partial charge >= 0.3 is 92.6 Å². The minimum atomic E-state index is -0.712. The van der Waals surface area contributed by atoms with E-state index in [2.05, 4.69) is 30.7 Å². The van der Waals surface area contributed by atoms with Gasteiger partial charge in [-0.15, -0.1) is 0 Å². The topological polar surface area (TPSA) is 28.7 Å².